The first-order valence-corrected chi connectivity index (χ1v) is 6.07. The van der Waals surface area contributed by atoms with Crippen LogP contribution >= 0.6 is 0 Å². The Morgan fingerprint density at radius 3 is 2.70 bits per heavy atom. The molecular formula is C15H12N2O3. The van der Waals surface area contributed by atoms with Gasteiger partial charge in [-0.25, -0.2) is 4.79 Å². The Kier molecular flexibility index (Phi) is 3.09. The van der Waals surface area contributed by atoms with Crippen LogP contribution in [0.3, 0.4) is 0 Å². The van der Waals surface area contributed by atoms with Gasteiger partial charge in [-0.05, 0) is 42.5 Å². The summed E-state index contributed by atoms with van der Waals surface area (Å²) in [4.78, 5) is 19.6. The van der Waals surface area contributed by atoms with Crippen molar-refractivity contribution < 1.29 is 14.4 Å². The van der Waals surface area contributed by atoms with Gasteiger partial charge in [-0.2, -0.15) is 0 Å². The first-order valence-electron chi connectivity index (χ1n) is 6.07. The maximum atomic E-state index is 11.8. The van der Waals surface area contributed by atoms with Gasteiger partial charge in [0.1, 0.15) is 11.5 Å². The quantitative estimate of drug-likeness (QED) is 0.686. The summed E-state index contributed by atoms with van der Waals surface area (Å²) in [6.45, 7) is 0. The molecule has 0 bridgehead atoms. The van der Waals surface area contributed by atoms with Crippen molar-refractivity contribution in [2.24, 2.45) is 5.16 Å². The Hall–Kier alpha value is -2.82. The lowest BCUT2D eigenvalue weighted by atomic mass is 10.0. The molecule has 1 aromatic carbocycles. The third kappa shape index (κ3) is 2.21. The molecule has 0 aliphatic carbocycles. The number of ether oxygens (including phenoxy) is 1. The second-order valence-corrected chi connectivity index (χ2v) is 4.23. The molecule has 20 heavy (non-hydrogen) atoms. The minimum absolute atomic E-state index is 0.428. The molecule has 100 valence electrons. The van der Waals surface area contributed by atoms with Gasteiger partial charge in [0.15, 0.2) is 0 Å². The van der Waals surface area contributed by atoms with Gasteiger partial charge >= 0.3 is 5.97 Å². The van der Waals surface area contributed by atoms with Crippen molar-refractivity contribution in [3.63, 3.8) is 0 Å². The number of hydrogen-bond acceptors (Lipinski definition) is 4. The molecule has 0 amide bonds. The van der Waals surface area contributed by atoms with Crippen LogP contribution < -0.4 is 4.74 Å². The van der Waals surface area contributed by atoms with Crippen molar-refractivity contribution in [1.29, 1.82) is 0 Å². The largest absolute Gasteiger partial charge is 0.497 e. The molecule has 0 saturated heterocycles. The predicted octanol–water partition coefficient (Wildman–Crippen LogP) is 2.37. The highest BCUT2D eigenvalue weighted by Gasteiger charge is 2.26. The second-order valence-electron chi connectivity index (χ2n) is 4.23. The number of aromatic nitrogens is 1. The number of methoxy groups -OCH3 is 1. The van der Waals surface area contributed by atoms with E-state index in [1.54, 1.807) is 19.4 Å². The maximum Gasteiger partial charge on any atom is 0.368 e. The van der Waals surface area contributed by atoms with Crippen LogP contribution in [0.1, 0.15) is 11.3 Å². The zero-order valence-electron chi connectivity index (χ0n) is 10.8. The Labute approximate surface area is 115 Å². The van der Waals surface area contributed by atoms with Crippen LogP contribution in [0.2, 0.25) is 0 Å². The van der Waals surface area contributed by atoms with Gasteiger partial charge in [0.05, 0.1) is 12.7 Å². The van der Waals surface area contributed by atoms with Crippen molar-refractivity contribution in [3.05, 3.63) is 59.4 Å². The van der Waals surface area contributed by atoms with Gasteiger partial charge in [-0.3, -0.25) is 0 Å². The topological polar surface area (TPSA) is 63.7 Å². The van der Waals surface area contributed by atoms with Gasteiger partial charge in [-0.1, -0.05) is 5.16 Å². The van der Waals surface area contributed by atoms with E-state index in [1.165, 1.54) is 0 Å². The average Bonchev–Trinajstić information content (AvgIpc) is 3.11. The standard InChI is InChI=1S/C15H12N2O3/c1-19-12-6-4-10(5-7-12)14-13(15(18)20-17-14)9-11-3-2-8-16-11/h2-9,16H,1H3/b13-9-. The number of hydrogen-bond donors (Lipinski definition) is 1. The molecule has 1 aromatic heterocycles. The van der Waals surface area contributed by atoms with Crippen LogP contribution in [0.4, 0.5) is 0 Å². The average molecular weight is 268 g/mol. The number of carbonyl (C=O) groups excluding carboxylic acids is 1. The third-order valence-corrected chi connectivity index (χ3v) is 2.98. The van der Waals surface area contributed by atoms with E-state index >= 15 is 0 Å². The molecular weight excluding hydrogens is 256 g/mol. The van der Waals surface area contributed by atoms with Crippen molar-refractivity contribution in [1.82, 2.24) is 4.98 Å². The fourth-order valence-electron chi connectivity index (χ4n) is 1.96. The minimum Gasteiger partial charge on any atom is -0.497 e. The summed E-state index contributed by atoms with van der Waals surface area (Å²) in [5.41, 5.74) is 2.57. The molecule has 0 unspecified atom stereocenters. The lowest BCUT2D eigenvalue weighted by Gasteiger charge is -2.02. The molecule has 1 N–H and O–H groups in total. The molecule has 2 aromatic rings. The summed E-state index contributed by atoms with van der Waals surface area (Å²) in [7, 11) is 1.60. The van der Waals surface area contributed by atoms with Crippen LogP contribution in [0.25, 0.3) is 6.08 Å². The molecule has 5 heteroatoms. The summed E-state index contributed by atoms with van der Waals surface area (Å²) in [6, 6.07) is 11.0. The van der Waals surface area contributed by atoms with Crippen LogP contribution in [0.5, 0.6) is 5.75 Å². The summed E-state index contributed by atoms with van der Waals surface area (Å²) < 4.78 is 5.11. The smallest absolute Gasteiger partial charge is 0.368 e. The Bertz CT molecular complexity index is 682. The van der Waals surface area contributed by atoms with Crippen LogP contribution in [0, 0.1) is 0 Å². The monoisotopic (exact) mass is 268 g/mol. The molecule has 0 spiro atoms. The molecule has 0 saturated carbocycles. The van der Waals surface area contributed by atoms with E-state index in [2.05, 4.69) is 10.1 Å². The fourth-order valence-corrected chi connectivity index (χ4v) is 1.96. The van der Waals surface area contributed by atoms with Crippen LogP contribution in [-0.4, -0.2) is 23.8 Å². The zero-order valence-corrected chi connectivity index (χ0v) is 10.8. The van der Waals surface area contributed by atoms with Gasteiger partial charge in [0.2, 0.25) is 0 Å². The Balaban J connectivity index is 1.97. The van der Waals surface area contributed by atoms with Crippen LogP contribution in [0.15, 0.2) is 53.3 Å². The normalized spacial score (nSPS) is 16.1. The van der Waals surface area contributed by atoms with Gasteiger partial charge in [0.25, 0.3) is 0 Å². The number of aromatic amines is 1. The lowest BCUT2D eigenvalue weighted by Crippen LogP contribution is -2.06. The summed E-state index contributed by atoms with van der Waals surface area (Å²) in [5, 5.41) is 3.85. The number of nitrogens with one attached hydrogen (secondary N) is 1. The minimum atomic E-state index is -0.453. The number of H-pyrrole nitrogens is 1. The SMILES string of the molecule is COc1ccc(C2=NOC(=O)/C2=C\c2ccc[nH]2)cc1. The highest BCUT2D eigenvalue weighted by atomic mass is 16.7. The van der Waals surface area contributed by atoms with Crippen molar-refractivity contribution >= 4 is 17.8 Å². The van der Waals surface area contributed by atoms with E-state index in [1.807, 2.05) is 36.4 Å². The maximum absolute atomic E-state index is 11.8. The molecule has 2 heterocycles. The Morgan fingerprint density at radius 2 is 2.05 bits per heavy atom. The van der Waals surface area contributed by atoms with E-state index in [-0.39, 0.29) is 0 Å². The first-order chi connectivity index (χ1) is 9.78. The predicted molar refractivity (Wildman–Crippen MR) is 74.4 cm³/mol. The van der Waals surface area contributed by atoms with Gasteiger partial charge in [0, 0.05) is 17.5 Å². The third-order valence-electron chi connectivity index (χ3n) is 2.98. The second kappa shape index (κ2) is 5.05. The molecule has 0 atom stereocenters. The Morgan fingerprint density at radius 1 is 1.25 bits per heavy atom. The van der Waals surface area contributed by atoms with Crippen molar-refractivity contribution in [2.75, 3.05) is 7.11 Å². The van der Waals surface area contributed by atoms with Crippen LogP contribution in [-0.2, 0) is 9.63 Å². The lowest BCUT2D eigenvalue weighted by molar-refractivity contribution is -0.136. The van der Waals surface area contributed by atoms with Crippen molar-refractivity contribution in [3.8, 4) is 5.75 Å². The number of nitrogens with zero attached hydrogens (tertiary/aromatic N) is 1. The number of rotatable bonds is 3. The molecule has 3 rings (SSSR count). The van der Waals surface area contributed by atoms with E-state index in [0.717, 1.165) is 17.0 Å². The van der Waals surface area contributed by atoms with E-state index in [4.69, 9.17) is 9.57 Å². The van der Waals surface area contributed by atoms with Gasteiger partial charge < -0.3 is 14.6 Å². The summed E-state index contributed by atoms with van der Waals surface area (Å²) in [5.74, 6) is 0.292. The van der Waals surface area contributed by atoms with E-state index in [9.17, 15) is 4.79 Å². The fraction of sp³-hybridized carbons (Fsp3) is 0.0667. The molecule has 5 nitrogen and oxygen atoms in total. The molecule has 0 fully saturated rings. The summed E-state index contributed by atoms with van der Waals surface area (Å²) in [6.07, 6.45) is 3.51. The zero-order chi connectivity index (χ0) is 13.9. The first kappa shape index (κ1) is 12.2. The number of oxime groups is 1. The molecule has 1 aliphatic heterocycles. The number of benzene rings is 1. The van der Waals surface area contributed by atoms with E-state index < -0.39 is 5.97 Å². The number of carbonyl (C=O) groups is 1. The highest BCUT2D eigenvalue weighted by molar-refractivity contribution is 6.31. The van der Waals surface area contributed by atoms with E-state index in [0.29, 0.717) is 11.3 Å². The molecule has 0 radical (unpaired) electrons. The summed E-state index contributed by atoms with van der Waals surface area (Å²) >= 11 is 0. The van der Waals surface area contributed by atoms with Gasteiger partial charge in [-0.15, -0.1) is 0 Å². The van der Waals surface area contributed by atoms with Crippen molar-refractivity contribution in [2.45, 2.75) is 0 Å². The molecule has 1 aliphatic rings. The highest BCUT2D eigenvalue weighted by Crippen LogP contribution is 2.22.